The largest absolute Gasteiger partial charge is 0.351 e. The summed E-state index contributed by atoms with van der Waals surface area (Å²) in [4.78, 5) is 21.1. The fourth-order valence-corrected chi connectivity index (χ4v) is 2.90. The molecule has 1 aromatic carbocycles. The zero-order valence-electron chi connectivity index (χ0n) is 15.9. The smallest absolute Gasteiger partial charge is 0.270 e. The minimum absolute atomic E-state index is 0.151. The zero-order chi connectivity index (χ0) is 18.4. The average Bonchev–Trinajstić information content (AvgIpc) is 2.54. The van der Waals surface area contributed by atoms with Gasteiger partial charge in [0.15, 0.2) is 0 Å². The Bertz CT molecular complexity index is 732. The van der Waals surface area contributed by atoms with Crippen molar-refractivity contribution in [2.75, 3.05) is 11.9 Å². The van der Waals surface area contributed by atoms with E-state index in [1.165, 1.54) is 5.56 Å². The summed E-state index contributed by atoms with van der Waals surface area (Å²) in [5, 5.41) is 6.20. The van der Waals surface area contributed by atoms with E-state index in [-0.39, 0.29) is 5.91 Å². The second kappa shape index (κ2) is 8.60. The summed E-state index contributed by atoms with van der Waals surface area (Å²) < 4.78 is 0. The van der Waals surface area contributed by atoms with Gasteiger partial charge in [0.1, 0.15) is 5.69 Å². The average molecular weight is 340 g/mol. The van der Waals surface area contributed by atoms with Gasteiger partial charge in [-0.2, -0.15) is 0 Å². The van der Waals surface area contributed by atoms with Crippen LogP contribution in [-0.4, -0.2) is 22.4 Å². The van der Waals surface area contributed by atoms with E-state index in [0.717, 1.165) is 41.8 Å². The van der Waals surface area contributed by atoms with Gasteiger partial charge in [0.2, 0.25) is 5.95 Å². The van der Waals surface area contributed by atoms with Crippen LogP contribution in [0.5, 0.6) is 0 Å². The van der Waals surface area contributed by atoms with Crippen LogP contribution in [0.1, 0.15) is 59.1 Å². The maximum absolute atomic E-state index is 12.3. The van der Waals surface area contributed by atoms with Gasteiger partial charge in [-0.15, -0.1) is 0 Å². The number of anilines is 2. The van der Waals surface area contributed by atoms with Crippen molar-refractivity contribution < 1.29 is 4.79 Å². The maximum Gasteiger partial charge on any atom is 0.270 e. The van der Waals surface area contributed by atoms with E-state index in [1.807, 2.05) is 6.92 Å². The van der Waals surface area contributed by atoms with E-state index < -0.39 is 0 Å². The molecule has 0 radical (unpaired) electrons. The molecule has 5 nitrogen and oxygen atoms in total. The first kappa shape index (κ1) is 18.9. The number of hydrogen-bond acceptors (Lipinski definition) is 4. The molecule has 0 unspecified atom stereocenters. The molecule has 0 aliphatic rings. The Morgan fingerprint density at radius 1 is 1.00 bits per heavy atom. The Morgan fingerprint density at radius 2 is 1.68 bits per heavy atom. The molecule has 0 saturated heterocycles. The highest BCUT2D eigenvalue weighted by molar-refractivity contribution is 5.92. The van der Waals surface area contributed by atoms with Crippen LogP contribution in [0.2, 0.25) is 0 Å². The van der Waals surface area contributed by atoms with Crippen LogP contribution in [0.3, 0.4) is 0 Å². The molecule has 0 atom stereocenters. The Kier molecular flexibility index (Phi) is 6.51. The molecule has 1 aromatic heterocycles. The van der Waals surface area contributed by atoms with E-state index in [2.05, 4.69) is 60.4 Å². The number of benzene rings is 1. The fourth-order valence-electron chi connectivity index (χ4n) is 2.90. The van der Waals surface area contributed by atoms with Gasteiger partial charge in [-0.25, -0.2) is 9.97 Å². The van der Waals surface area contributed by atoms with Gasteiger partial charge in [0, 0.05) is 17.9 Å². The molecular formula is C20H28N4O. The Balaban J connectivity index is 2.18. The number of aryl methyl sites for hydroxylation is 4. The summed E-state index contributed by atoms with van der Waals surface area (Å²) in [5.41, 5.74) is 5.64. The number of nitrogens with zero attached hydrogens (tertiary/aromatic N) is 2. The number of aromatic nitrogens is 2. The minimum atomic E-state index is -0.151. The molecule has 0 aliphatic heterocycles. The molecule has 0 spiro atoms. The third-order valence-corrected chi connectivity index (χ3v) is 4.07. The van der Waals surface area contributed by atoms with Crippen molar-refractivity contribution in [3.63, 3.8) is 0 Å². The van der Waals surface area contributed by atoms with E-state index in [4.69, 9.17) is 0 Å². The predicted octanol–water partition coefficient (Wildman–Crippen LogP) is 4.37. The molecule has 2 aromatic rings. The quantitative estimate of drug-likeness (QED) is 0.734. The zero-order valence-corrected chi connectivity index (χ0v) is 15.9. The topological polar surface area (TPSA) is 66.9 Å². The molecule has 0 aliphatic carbocycles. The van der Waals surface area contributed by atoms with Gasteiger partial charge in [0.25, 0.3) is 5.91 Å². The molecule has 0 bridgehead atoms. The normalized spacial score (nSPS) is 10.6. The van der Waals surface area contributed by atoms with Gasteiger partial charge in [0.05, 0.1) is 0 Å². The first-order valence-electron chi connectivity index (χ1n) is 8.89. The highest BCUT2D eigenvalue weighted by Gasteiger charge is 2.12. The lowest BCUT2D eigenvalue weighted by atomic mass is 10.1. The molecule has 1 heterocycles. The number of rotatable bonds is 7. The molecule has 2 rings (SSSR count). The number of carbonyl (C=O) groups is 1. The van der Waals surface area contributed by atoms with Crippen LogP contribution in [0, 0.1) is 27.7 Å². The Labute approximate surface area is 150 Å². The molecule has 1 amide bonds. The number of nitrogens with one attached hydrogen (secondary N) is 2. The standard InChI is InChI=1S/C20H28N4O/c1-6-7-8-9-21-19(25)17-12-16(5)22-20(23-17)24-18-14(3)10-13(2)11-15(18)4/h10-12H,6-9H2,1-5H3,(H,21,25)(H,22,23,24). The van der Waals surface area contributed by atoms with Gasteiger partial charge in [-0.3, -0.25) is 4.79 Å². The molecular weight excluding hydrogens is 312 g/mol. The third kappa shape index (κ3) is 5.28. The predicted molar refractivity (Wildman–Crippen MR) is 103 cm³/mol. The van der Waals surface area contributed by atoms with Crippen molar-refractivity contribution >= 4 is 17.5 Å². The van der Waals surface area contributed by atoms with Gasteiger partial charge in [-0.1, -0.05) is 37.5 Å². The summed E-state index contributed by atoms with van der Waals surface area (Å²) >= 11 is 0. The lowest BCUT2D eigenvalue weighted by Gasteiger charge is -2.14. The second-order valence-electron chi connectivity index (χ2n) is 6.58. The second-order valence-corrected chi connectivity index (χ2v) is 6.58. The molecule has 0 saturated carbocycles. The number of amides is 1. The van der Waals surface area contributed by atoms with Crippen molar-refractivity contribution in [2.45, 2.75) is 53.9 Å². The Hall–Kier alpha value is -2.43. The SMILES string of the molecule is CCCCCNC(=O)c1cc(C)nc(Nc2c(C)cc(C)cc2C)n1. The van der Waals surface area contributed by atoms with Gasteiger partial charge >= 0.3 is 0 Å². The van der Waals surface area contributed by atoms with Crippen molar-refractivity contribution in [3.8, 4) is 0 Å². The third-order valence-electron chi connectivity index (χ3n) is 4.07. The van der Waals surface area contributed by atoms with Crippen LogP contribution >= 0.6 is 0 Å². The number of carbonyl (C=O) groups excluding carboxylic acids is 1. The Morgan fingerprint density at radius 3 is 2.32 bits per heavy atom. The van der Waals surface area contributed by atoms with Gasteiger partial charge in [-0.05, 0) is 51.3 Å². The fraction of sp³-hybridized carbons (Fsp3) is 0.450. The van der Waals surface area contributed by atoms with E-state index >= 15 is 0 Å². The highest BCUT2D eigenvalue weighted by Crippen LogP contribution is 2.24. The van der Waals surface area contributed by atoms with Crippen LogP contribution < -0.4 is 10.6 Å². The summed E-state index contributed by atoms with van der Waals surface area (Å²) in [6.07, 6.45) is 3.23. The lowest BCUT2D eigenvalue weighted by Crippen LogP contribution is -2.26. The van der Waals surface area contributed by atoms with Crippen molar-refractivity contribution in [1.82, 2.24) is 15.3 Å². The van der Waals surface area contributed by atoms with Crippen molar-refractivity contribution in [2.24, 2.45) is 0 Å². The van der Waals surface area contributed by atoms with Crippen LogP contribution in [0.25, 0.3) is 0 Å². The lowest BCUT2D eigenvalue weighted by molar-refractivity contribution is 0.0948. The summed E-state index contributed by atoms with van der Waals surface area (Å²) in [6, 6.07) is 5.95. The number of hydrogen-bond donors (Lipinski definition) is 2. The monoisotopic (exact) mass is 340 g/mol. The molecule has 2 N–H and O–H groups in total. The number of unbranched alkanes of at least 4 members (excludes halogenated alkanes) is 2. The molecule has 0 fully saturated rings. The van der Waals surface area contributed by atoms with Crippen LogP contribution in [0.15, 0.2) is 18.2 Å². The van der Waals surface area contributed by atoms with E-state index in [9.17, 15) is 4.79 Å². The van der Waals surface area contributed by atoms with Crippen molar-refractivity contribution in [3.05, 3.63) is 46.3 Å². The molecule has 25 heavy (non-hydrogen) atoms. The van der Waals surface area contributed by atoms with Crippen LogP contribution in [0.4, 0.5) is 11.6 Å². The summed E-state index contributed by atoms with van der Waals surface area (Å²) in [7, 11) is 0. The summed E-state index contributed by atoms with van der Waals surface area (Å²) in [5.74, 6) is 0.302. The van der Waals surface area contributed by atoms with Crippen LogP contribution in [-0.2, 0) is 0 Å². The molecule has 134 valence electrons. The van der Waals surface area contributed by atoms with Crippen molar-refractivity contribution in [1.29, 1.82) is 0 Å². The first-order chi connectivity index (χ1) is 11.9. The molecule has 5 heteroatoms. The first-order valence-corrected chi connectivity index (χ1v) is 8.89. The highest BCUT2D eigenvalue weighted by atomic mass is 16.1. The van der Waals surface area contributed by atoms with E-state index in [0.29, 0.717) is 18.2 Å². The van der Waals surface area contributed by atoms with E-state index in [1.54, 1.807) is 6.07 Å². The minimum Gasteiger partial charge on any atom is -0.351 e. The summed E-state index contributed by atoms with van der Waals surface area (Å²) in [6.45, 7) is 10.9. The van der Waals surface area contributed by atoms with Gasteiger partial charge < -0.3 is 10.6 Å². The maximum atomic E-state index is 12.3.